The van der Waals surface area contributed by atoms with Gasteiger partial charge in [0.05, 0.1) is 0 Å². The zero-order valence-corrected chi connectivity index (χ0v) is 10.7. The Morgan fingerprint density at radius 2 is 1.58 bits per heavy atom. The fourth-order valence-corrected chi connectivity index (χ4v) is 2.77. The summed E-state index contributed by atoms with van der Waals surface area (Å²) in [5, 5.41) is 0. The van der Waals surface area contributed by atoms with Crippen LogP contribution in [0.5, 0.6) is 0 Å². The summed E-state index contributed by atoms with van der Waals surface area (Å²) in [6.45, 7) is 0. The summed E-state index contributed by atoms with van der Waals surface area (Å²) >= 11 is 31.6. The van der Waals surface area contributed by atoms with E-state index in [4.69, 9.17) is 58.0 Å². The van der Waals surface area contributed by atoms with Crippen molar-refractivity contribution in [2.24, 2.45) is 0 Å². The Morgan fingerprint density at radius 1 is 1.17 bits per heavy atom. The molecule has 0 spiro atoms. The van der Waals surface area contributed by atoms with Crippen LogP contribution in [0.15, 0.2) is 0 Å². The SMILES string of the molecule is O=C1CC(Cl)(Br)C(Cl)(Cl)C1(Cl)Cl. The molecule has 0 aromatic heterocycles. The Morgan fingerprint density at radius 3 is 1.67 bits per heavy atom. The molecule has 0 radical (unpaired) electrons. The molecule has 1 saturated carbocycles. The highest BCUT2D eigenvalue weighted by Gasteiger charge is 2.70. The zero-order valence-electron chi connectivity index (χ0n) is 5.38. The van der Waals surface area contributed by atoms with Crippen molar-refractivity contribution < 1.29 is 4.79 Å². The van der Waals surface area contributed by atoms with E-state index in [0.717, 1.165) is 0 Å². The van der Waals surface area contributed by atoms with Crippen LogP contribution in [0, 0.1) is 0 Å². The van der Waals surface area contributed by atoms with Crippen molar-refractivity contribution in [3.05, 3.63) is 0 Å². The second-order valence-corrected chi connectivity index (χ2v) is 7.56. The third-order valence-corrected chi connectivity index (χ3v) is 6.12. The average molecular weight is 335 g/mol. The first kappa shape index (κ1) is 11.7. The van der Waals surface area contributed by atoms with Crippen molar-refractivity contribution in [3.63, 3.8) is 0 Å². The normalized spacial score (nSPS) is 38.7. The minimum absolute atomic E-state index is 0.117. The molecule has 0 aliphatic heterocycles. The van der Waals surface area contributed by atoms with E-state index < -0.39 is 18.2 Å². The van der Waals surface area contributed by atoms with Crippen molar-refractivity contribution in [2.45, 2.75) is 18.9 Å². The molecule has 1 aliphatic rings. The van der Waals surface area contributed by atoms with Gasteiger partial charge in [0.15, 0.2) is 10.1 Å². The van der Waals surface area contributed by atoms with E-state index in [-0.39, 0.29) is 6.42 Å². The fraction of sp³-hybridized carbons (Fsp3) is 0.800. The Hall–Kier alpha value is 1.60. The topological polar surface area (TPSA) is 17.1 Å². The summed E-state index contributed by atoms with van der Waals surface area (Å²) in [6.07, 6.45) is -0.117. The lowest BCUT2D eigenvalue weighted by molar-refractivity contribution is -0.117. The molecular formula is C5H2BrCl5O. The first-order chi connectivity index (χ1) is 5.13. The minimum Gasteiger partial charge on any atom is -0.296 e. The highest BCUT2D eigenvalue weighted by atomic mass is 79.9. The van der Waals surface area contributed by atoms with Crippen molar-refractivity contribution in [1.29, 1.82) is 0 Å². The number of hydrogen-bond acceptors (Lipinski definition) is 1. The molecule has 1 unspecified atom stereocenters. The van der Waals surface area contributed by atoms with Gasteiger partial charge in [-0.15, -0.1) is 11.6 Å². The van der Waals surface area contributed by atoms with Gasteiger partial charge in [-0.2, -0.15) is 0 Å². The standard InChI is InChI=1S/C5H2BrCl5O/c6-3(7)1-2(12)4(8,9)5(3,10)11/h1H2. The molecule has 0 N–H and O–H groups in total. The number of carbonyl (C=O) groups is 1. The molecule has 0 aromatic carbocycles. The number of rotatable bonds is 0. The molecule has 0 aromatic rings. The number of ketones is 1. The van der Waals surface area contributed by atoms with E-state index in [9.17, 15) is 4.79 Å². The second kappa shape index (κ2) is 3.04. The van der Waals surface area contributed by atoms with Crippen LogP contribution in [0.4, 0.5) is 0 Å². The molecule has 7 heteroatoms. The molecule has 0 heterocycles. The molecule has 1 atom stereocenters. The minimum atomic E-state index is -1.86. The smallest absolute Gasteiger partial charge is 0.211 e. The van der Waals surface area contributed by atoms with Gasteiger partial charge in [-0.05, 0) is 0 Å². The van der Waals surface area contributed by atoms with E-state index in [1.165, 1.54) is 0 Å². The average Bonchev–Trinajstić information content (AvgIpc) is 1.92. The maximum atomic E-state index is 11.2. The van der Waals surface area contributed by atoms with Gasteiger partial charge in [0.1, 0.15) is 3.78 Å². The largest absolute Gasteiger partial charge is 0.296 e. The number of carbonyl (C=O) groups excluding carboxylic acids is 1. The Bertz CT molecular complexity index is 236. The molecule has 1 rings (SSSR count). The maximum absolute atomic E-state index is 11.2. The van der Waals surface area contributed by atoms with Crippen molar-refractivity contribution in [2.75, 3.05) is 0 Å². The predicted octanol–water partition coefficient (Wildman–Crippen LogP) is 3.64. The lowest BCUT2D eigenvalue weighted by Gasteiger charge is -2.30. The van der Waals surface area contributed by atoms with Crippen LogP contribution in [-0.4, -0.2) is 18.2 Å². The molecule has 0 amide bonds. The van der Waals surface area contributed by atoms with Crippen LogP contribution >= 0.6 is 73.9 Å². The lowest BCUT2D eigenvalue weighted by atomic mass is 10.3. The fourth-order valence-electron chi connectivity index (χ4n) is 0.828. The monoisotopic (exact) mass is 332 g/mol. The van der Waals surface area contributed by atoms with Gasteiger partial charge in [0.2, 0.25) is 4.33 Å². The molecule has 70 valence electrons. The van der Waals surface area contributed by atoms with Crippen LogP contribution in [0.1, 0.15) is 6.42 Å². The van der Waals surface area contributed by atoms with Gasteiger partial charge in [0.25, 0.3) is 0 Å². The van der Waals surface area contributed by atoms with Gasteiger partial charge >= 0.3 is 0 Å². The lowest BCUT2D eigenvalue weighted by Crippen LogP contribution is -2.43. The van der Waals surface area contributed by atoms with Crippen molar-refractivity contribution in [3.8, 4) is 0 Å². The summed E-state index contributed by atoms with van der Waals surface area (Å²) in [6, 6.07) is 0. The number of hydrogen-bond donors (Lipinski definition) is 0. The van der Waals surface area contributed by atoms with E-state index in [0.29, 0.717) is 0 Å². The highest BCUT2D eigenvalue weighted by Crippen LogP contribution is 2.62. The molecular weight excluding hydrogens is 333 g/mol. The molecule has 12 heavy (non-hydrogen) atoms. The van der Waals surface area contributed by atoms with Gasteiger partial charge in [-0.1, -0.05) is 62.3 Å². The van der Waals surface area contributed by atoms with Crippen LogP contribution in [0.3, 0.4) is 0 Å². The van der Waals surface area contributed by atoms with Gasteiger partial charge in [-0.25, -0.2) is 0 Å². The van der Waals surface area contributed by atoms with E-state index in [1.807, 2.05) is 0 Å². The first-order valence-corrected chi connectivity index (χ1v) is 5.48. The number of Topliss-reactive ketones (excluding diaryl/α,β-unsaturated/α-hetero) is 1. The third-order valence-electron chi connectivity index (χ3n) is 1.59. The van der Waals surface area contributed by atoms with Crippen molar-refractivity contribution >= 4 is 79.7 Å². The van der Waals surface area contributed by atoms with E-state index in [1.54, 1.807) is 0 Å². The van der Waals surface area contributed by atoms with Crippen LogP contribution < -0.4 is 0 Å². The summed E-state index contributed by atoms with van der Waals surface area (Å²) in [5.74, 6) is -0.497. The zero-order chi connectivity index (χ0) is 9.78. The maximum Gasteiger partial charge on any atom is 0.211 e. The van der Waals surface area contributed by atoms with Crippen LogP contribution in [0.25, 0.3) is 0 Å². The summed E-state index contributed by atoms with van der Waals surface area (Å²) < 4.78 is -4.90. The predicted molar refractivity (Wildman–Crippen MR) is 56.0 cm³/mol. The molecule has 0 saturated heterocycles. The van der Waals surface area contributed by atoms with Crippen molar-refractivity contribution in [1.82, 2.24) is 0 Å². The third kappa shape index (κ3) is 1.39. The Labute approximate surface area is 103 Å². The number of halogens is 6. The summed E-state index contributed by atoms with van der Waals surface area (Å²) in [7, 11) is 0. The summed E-state index contributed by atoms with van der Waals surface area (Å²) in [4.78, 5) is 11.2. The highest BCUT2D eigenvalue weighted by molar-refractivity contribution is 9.10. The van der Waals surface area contributed by atoms with Crippen LogP contribution in [-0.2, 0) is 4.79 Å². The van der Waals surface area contributed by atoms with E-state index >= 15 is 0 Å². The molecule has 1 aliphatic carbocycles. The molecule has 0 bridgehead atoms. The van der Waals surface area contributed by atoms with Gasteiger partial charge in [0, 0.05) is 6.42 Å². The Kier molecular flexibility index (Phi) is 2.96. The van der Waals surface area contributed by atoms with Gasteiger partial charge < -0.3 is 0 Å². The van der Waals surface area contributed by atoms with Crippen LogP contribution in [0.2, 0.25) is 0 Å². The Balaban J connectivity index is 3.19. The summed E-state index contributed by atoms with van der Waals surface area (Å²) in [5.41, 5.74) is 0. The first-order valence-electron chi connectivity index (χ1n) is 2.80. The van der Waals surface area contributed by atoms with E-state index in [2.05, 4.69) is 15.9 Å². The molecule has 1 fully saturated rings. The number of alkyl halides is 6. The second-order valence-electron chi connectivity index (χ2n) is 2.45. The molecule has 1 nitrogen and oxygen atoms in total. The quantitative estimate of drug-likeness (QED) is 0.618. The van der Waals surface area contributed by atoms with Gasteiger partial charge in [-0.3, -0.25) is 4.79 Å².